The third-order valence-electron chi connectivity index (χ3n) is 4.10. The van der Waals surface area contributed by atoms with Gasteiger partial charge in [-0.2, -0.15) is 5.10 Å². The Bertz CT molecular complexity index is 814. The first kappa shape index (κ1) is 14.8. The zero-order valence-corrected chi connectivity index (χ0v) is 13.4. The molecule has 24 heavy (non-hydrogen) atoms. The molecule has 0 unspecified atom stereocenters. The Balaban J connectivity index is 1.33. The van der Waals surface area contributed by atoms with E-state index in [4.69, 9.17) is 9.47 Å². The molecule has 1 aromatic heterocycles. The molecule has 1 aliphatic rings. The first-order valence-corrected chi connectivity index (χ1v) is 8.19. The van der Waals surface area contributed by atoms with Crippen LogP contribution in [0.5, 0.6) is 11.5 Å². The largest absolute Gasteiger partial charge is 0.454 e. The predicted molar refractivity (Wildman–Crippen MR) is 90.2 cm³/mol. The van der Waals surface area contributed by atoms with Crippen molar-refractivity contribution in [1.29, 1.82) is 0 Å². The lowest BCUT2D eigenvalue weighted by atomic mass is 10.1. The van der Waals surface area contributed by atoms with Gasteiger partial charge in [0, 0.05) is 12.8 Å². The molecule has 3 aromatic rings. The Hall–Kier alpha value is -2.82. The van der Waals surface area contributed by atoms with E-state index in [9.17, 15) is 0 Å². The quantitative estimate of drug-likeness (QED) is 0.757. The maximum Gasteiger partial charge on any atom is 0.231 e. The van der Waals surface area contributed by atoms with Crippen LogP contribution in [0.25, 0.3) is 0 Å². The topological polar surface area (TPSA) is 60.0 Å². The summed E-state index contributed by atoms with van der Waals surface area (Å²) in [5.74, 6) is 3.36. The molecule has 0 saturated carbocycles. The zero-order valence-electron chi connectivity index (χ0n) is 13.4. The smallest absolute Gasteiger partial charge is 0.231 e. The third kappa shape index (κ3) is 3.40. The Morgan fingerprint density at radius 1 is 0.917 bits per heavy atom. The Kier molecular flexibility index (Phi) is 4.14. The van der Waals surface area contributed by atoms with E-state index in [2.05, 4.69) is 39.4 Å². The summed E-state index contributed by atoms with van der Waals surface area (Å²) >= 11 is 0. The fourth-order valence-electron chi connectivity index (χ4n) is 2.87. The van der Waals surface area contributed by atoms with Gasteiger partial charge in [-0.15, -0.1) is 0 Å². The standard InChI is InChI=1S/C19H19N3O2/c1-2-5-14(6-3-1)7-4-8-18-20-19(22-21-18)12-15-9-10-16-17(11-15)24-13-23-16/h1-3,5-6,9-11H,4,7-8,12-13H2,(H,20,21,22). The molecule has 0 amide bonds. The molecule has 122 valence electrons. The van der Waals surface area contributed by atoms with Crippen LogP contribution in [0, 0.1) is 0 Å². The Labute approximate surface area is 140 Å². The molecule has 2 heterocycles. The van der Waals surface area contributed by atoms with Gasteiger partial charge in [0.05, 0.1) is 0 Å². The van der Waals surface area contributed by atoms with E-state index in [1.54, 1.807) is 0 Å². The third-order valence-corrected chi connectivity index (χ3v) is 4.10. The molecule has 1 aliphatic heterocycles. The molecule has 0 radical (unpaired) electrons. The van der Waals surface area contributed by atoms with E-state index in [0.29, 0.717) is 13.2 Å². The number of nitrogens with one attached hydrogen (secondary N) is 1. The van der Waals surface area contributed by atoms with Crippen LogP contribution < -0.4 is 9.47 Å². The summed E-state index contributed by atoms with van der Waals surface area (Å²) in [7, 11) is 0. The Morgan fingerprint density at radius 2 is 1.79 bits per heavy atom. The second-order valence-electron chi connectivity index (χ2n) is 5.90. The van der Waals surface area contributed by atoms with Crippen LogP contribution in [0.4, 0.5) is 0 Å². The fraction of sp³-hybridized carbons (Fsp3) is 0.263. The van der Waals surface area contributed by atoms with E-state index in [1.165, 1.54) is 5.56 Å². The van der Waals surface area contributed by atoms with Gasteiger partial charge in [0.2, 0.25) is 6.79 Å². The van der Waals surface area contributed by atoms with E-state index in [-0.39, 0.29) is 0 Å². The summed E-state index contributed by atoms with van der Waals surface area (Å²) in [4.78, 5) is 4.59. The molecular weight excluding hydrogens is 302 g/mol. The fourth-order valence-corrected chi connectivity index (χ4v) is 2.87. The number of H-pyrrole nitrogens is 1. The van der Waals surface area contributed by atoms with Gasteiger partial charge in [-0.1, -0.05) is 36.4 Å². The highest BCUT2D eigenvalue weighted by atomic mass is 16.7. The van der Waals surface area contributed by atoms with Crippen LogP contribution in [0.1, 0.15) is 29.2 Å². The van der Waals surface area contributed by atoms with Gasteiger partial charge >= 0.3 is 0 Å². The van der Waals surface area contributed by atoms with Crippen molar-refractivity contribution < 1.29 is 9.47 Å². The van der Waals surface area contributed by atoms with Crippen molar-refractivity contribution in [2.75, 3.05) is 6.79 Å². The lowest BCUT2D eigenvalue weighted by Crippen LogP contribution is -1.94. The van der Waals surface area contributed by atoms with E-state index in [1.807, 2.05) is 24.3 Å². The summed E-state index contributed by atoms with van der Waals surface area (Å²) < 4.78 is 10.7. The highest BCUT2D eigenvalue weighted by molar-refractivity contribution is 5.45. The van der Waals surface area contributed by atoms with Gasteiger partial charge in [-0.3, -0.25) is 5.10 Å². The van der Waals surface area contributed by atoms with Gasteiger partial charge in [0.1, 0.15) is 5.82 Å². The van der Waals surface area contributed by atoms with Crippen LogP contribution >= 0.6 is 0 Å². The monoisotopic (exact) mass is 321 g/mol. The van der Waals surface area contributed by atoms with Crippen LogP contribution in [0.2, 0.25) is 0 Å². The van der Waals surface area contributed by atoms with Crippen molar-refractivity contribution in [2.45, 2.75) is 25.7 Å². The second-order valence-corrected chi connectivity index (χ2v) is 5.90. The van der Waals surface area contributed by atoms with Crippen LogP contribution in [-0.2, 0) is 19.3 Å². The molecule has 0 saturated heterocycles. The van der Waals surface area contributed by atoms with Gasteiger partial charge in [-0.25, -0.2) is 4.98 Å². The molecule has 5 heteroatoms. The first-order chi connectivity index (χ1) is 11.9. The van der Waals surface area contributed by atoms with E-state index < -0.39 is 0 Å². The summed E-state index contributed by atoms with van der Waals surface area (Å²) in [5.41, 5.74) is 2.49. The SMILES string of the molecule is c1ccc(CCCc2n[nH]c(Cc3ccc4c(c3)OCO4)n2)cc1. The lowest BCUT2D eigenvalue weighted by molar-refractivity contribution is 0.174. The normalized spacial score (nSPS) is 12.5. The Morgan fingerprint density at radius 3 is 2.71 bits per heavy atom. The number of ether oxygens (including phenoxy) is 2. The molecule has 1 N–H and O–H groups in total. The van der Waals surface area contributed by atoms with Gasteiger partial charge in [0.15, 0.2) is 17.3 Å². The number of hydrogen-bond acceptors (Lipinski definition) is 4. The number of aromatic amines is 1. The maximum atomic E-state index is 5.41. The highest BCUT2D eigenvalue weighted by Crippen LogP contribution is 2.32. The second kappa shape index (κ2) is 6.74. The summed E-state index contributed by atoms with van der Waals surface area (Å²) in [6, 6.07) is 16.5. The molecule has 5 nitrogen and oxygen atoms in total. The summed E-state index contributed by atoms with van der Waals surface area (Å²) in [6.07, 6.45) is 3.69. The van der Waals surface area contributed by atoms with Crippen molar-refractivity contribution >= 4 is 0 Å². The number of aryl methyl sites for hydroxylation is 2. The minimum atomic E-state index is 0.298. The van der Waals surface area contributed by atoms with Crippen molar-refractivity contribution in [3.05, 3.63) is 71.3 Å². The predicted octanol–water partition coefficient (Wildman–Crippen LogP) is 3.30. The van der Waals surface area contributed by atoms with Crippen molar-refractivity contribution in [2.24, 2.45) is 0 Å². The van der Waals surface area contributed by atoms with Gasteiger partial charge in [0.25, 0.3) is 0 Å². The molecular formula is C19H19N3O2. The average Bonchev–Trinajstić information content (AvgIpc) is 3.25. The van der Waals surface area contributed by atoms with Crippen molar-refractivity contribution in [3.63, 3.8) is 0 Å². The minimum Gasteiger partial charge on any atom is -0.454 e. The number of benzene rings is 2. The number of aromatic nitrogens is 3. The maximum absolute atomic E-state index is 5.41. The van der Waals surface area contributed by atoms with E-state index in [0.717, 1.165) is 48.0 Å². The highest BCUT2D eigenvalue weighted by Gasteiger charge is 2.14. The number of nitrogens with zero attached hydrogens (tertiary/aromatic N) is 2. The van der Waals surface area contributed by atoms with E-state index >= 15 is 0 Å². The van der Waals surface area contributed by atoms with Crippen LogP contribution in [0.15, 0.2) is 48.5 Å². The van der Waals surface area contributed by atoms with Crippen molar-refractivity contribution in [1.82, 2.24) is 15.2 Å². The first-order valence-electron chi connectivity index (χ1n) is 8.19. The molecule has 2 aromatic carbocycles. The molecule has 0 atom stereocenters. The van der Waals surface area contributed by atoms with Gasteiger partial charge < -0.3 is 9.47 Å². The number of rotatable bonds is 6. The zero-order chi connectivity index (χ0) is 16.2. The molecule has 0 fully saturated rings. The van der Waals surface area contributed by atoms with Crippen LogP contribution in [0.3, 0.4) is 0 Å². The number of fused-ring (bicyclic) bond motifs is 1. The molecule has 0 spiro atoms. The number of hydrogen-bond donors (Lipinski definition) is 1. The summed E-state index contributed by atoms with van der Waals surface area (Å²) in [5, 5.41) is 7.36. The van der Waals surface area contributed by atoms with Crippen molar-refractivity contribution in [3.8, 4) is 11.5 Å². The lowest BCUT2D eigenvalue weighted by Gasteiger charge is -2.00. The van der Waals surface area contributed by atoms with Gasteiger partial charge in [-0.05, 0) is 36.1 Å². The minimum absolute atomic E-state index is 0.298. The average molecular weight is 321 g/mol. The summed E-state index contributed by atoms with van der Waals surface area (Å²) in [6.45, 7) is 0.298. The molecule has 0 bridgehead atoms. The molecule has 4 rings (SSSR count). The van der Waals surface area contributed by atoms with Crippen LogP contribution in [-0.4, -0.2) is 22.0 Å². The molecule has 0 aliphatic carbocycles.